The Labute approximate surface area is 93.6 Å². The largest absolute Gasteiger partial charge is 0.505 e. The third-order valence-corrected chi connectivity index (χ3v) is 2.21. The average Bonchev–Trinajstić information content (AvgIpc) is 2.67. The quantitative estimate of drug-likeness (QED) is 0.723. The van der Waals surface area contributed by atoms with Crippen LogP contribution in [0.3, 0.4) is 0 Å². The van der Waals surface area contributed by atoms with Gasteiger partial charge in [-0.3, -0.25) is 0 Å². The van der Waals surface area contributed by atoms with Crippen molar-refractivity contribution in [3.05, 3.63) is 30.0 Å². The van der Waals surface area contributed by atoms with Crippen molar-refractivity contribution in [2.24, 2.45) is 0 Å². The maximum Gasteiger partial charge on any atom is 0.505 e. The highest BCUT2D eigenvalue weighted by atomic mass is 19.4. The van der Waals surface area contributed by atoms with Gasteiger partial charge >= 0.3 is 12.3 Å². The lowest BCUT2D eigenvalue weighted by atomic mass is 10.2. The molecular weight excluding hydrogens is 237 g/mol. The minimum atomic E-state index is -4.67. The lowest BCUT2D eigenvalue weighted by molar-refractivity contribution is -0.209. The Bertz CT molecular complexity index is 574. The first-order valence-electron chi connectivity index (χ1n) is 4.58. The summed E-state index contributed by atoms with van der Waals surface area (Å²) in [7, 11) is 1.09. The van der Waals surface area contributed by atoms with Gasteiger partial charge < -0.3 is 4.74 Å². The van der Waals surface area contributed by atoms with Gasteiger partial charge in [-0.05, 0) is 6.07 Å². The molecule has 0 aliphatic carbocycles. The van der Waals surface area contributed by atoms with E-state index in [0.29, 0.717) is 0 Å². The summed E-state index contributed by atoms with van der Waals surface area (Å²) in [5.74, 6) is -0.899. The number of halogens is 3. The molecule has 2 rings (SSSR count). The summed E-state index contributed by atoms with van der Waals surface area (Å²) in [6.07, 6.45) is -4.67. The molecular formula is C10H7F3N2O2. The molecule has 0 radical (unpaired) electrons. The fourth-order valence-corrected chi connectivity index (χ4v) is 1.51. The van der Waals surface area contributed by atoms with Gasteiger partial charge in [0, 0.05) is 5.39 Å². The van der Waals surface area contributed by atoms with Crippen molar-refractivity contribution in [3.8, 4) is 0 Å². The number of methoxy groups -OCH3 is 1. The summed E-state index contributed by atoms with van der Waals surface area (Å²) in [5.41, 5.74) is -0.527. The smallest absolute Gasteiger partial charge is 0.464 e. The maximum absolute atomic E-state index is 12.6. The Balaban J connectivity index is 2.76. The van der Waals surface area contributed by atoms with Gasteiger partial charge in [-0.1, -0.05) is 18.2 Å². The summed E-state index contributed by atoms with van der Waals surface area (Å²) in [4.78, 5) is 11.3. The van der Waals surface area contributed by atoms with E-state index in [2.05, 4.69) is 9.84 Å². The molecule has 0 N–H and O–H groups in total. The molecule has 1 heterocycles. The summed E-state index contributed by atoms with van der Waals surface area (Å²) in [5, 5.41) is 3.36. The van der Waals surface area contributed by atoms with E-state index in [1.54, 1.807) is 0 Å². The Hall–Kier alpha value is -2.05. The molecule has 0 aliphatic rings. The fraction of sp³-hybridized carbons (Fsp3) is 0.200. The number of rotatable bonds is 1. The van der Waals surface area contributed by atoms with Crippen LogP contribution < -0.4 is 0 Å². The first-order valence-corrected chi connectivity index (χ1v) is 4.58. The number of carbonyl (C=O) groups excluding carboxylic acids is 1. The summed E-state index contributed by atoms with van der Waals surface area (Å²) < 4.78 is 42.2. The van der Waals surface area contributed by atoms with Gasteiger partial charge in [-0.25, -0.2) is 4.79 Å². The lowest BCUT2D eigenvalue weighted by Gasteiger charge is -2.06. The second-order valence-corrected chi connectivity index (χ2v) is 3.24. The zero-order valence-corrected chi connectivity index (χ0v) is 8.65. The monoisotopic (exact) mass is 244 g/mol. The van der Waals surface area contributed by atoms with E-state index >= 15 is 0 Å². The predicted octanol–water partition coefficient (Wildman–Crippen LogP) is 2.30. The molecule has 2 aromatic rings. The van der Waals surface area contributed by atoms with Crippen molar-refractivity contribution < 1.29 is 22.7 Å². The number of hydrogen-bond donors (Lipinski definition) is 0. The van der Waals surface area contributed by atoms with E-state index in [1.807, 2.05) is 0 Å². The zero-order valence-electron chi connectivity index (χ0n) is 8.65. The van der Waals surface area contributed by atoms with Gasteiger partial charge in [0.15, 0.2) is 5.69 Å². The van der Waals surface area contributed by atoms with E-state index in [-0.39, 0.29) is 21.3 Å². The molecule has 7 heteroatoms. The Morgan fingerprint density at radius 3 is 2.59 bits per heavy atom. The number of nitrogens with zero attached hydrogens (tertiary/aromatic N) is 2. The van der Waals surface area contributed by atoms with E-state index in [1.165, 1.54) is 24.3 Å². The normalized spacial score (nSPS) is 11.8. The van der Waals surface area contributed by atoms with Crippen LogP contribution in [-0.4, -0.2) is 22.9 Å². The minimum absolute atomic E-state index is 0.108. The van der Waals surface area contributed by atoms with Crippen LogP contribution in [0.25, 0.3) is 10.9 Å². The van der Waals surface area contributed by atoms with E-state index < -0.39 is 12.3 Å². The molecule has 1 aromatic heterocycles. The van der Waals surface area contributed by atoms with E-state index in [0.717, 1.165) is 7.11 Å². The number of ether oxygens (including phenoxy) is 1. The Kier molecular flexibility index (Phi) is 2.53. The second-order valence-electron chi connectivity index (χ2n) is 3.24. The summed E-state index contributed by atoms with van der Waals surface area (Å²) >= 11 is 0. The highest BCUT2D eigenvalue weighted by Gasteiger charge is 2.35. The van der Waals surface area contributed by atoms with Gasteiger partial charge in [-0.2, -0.15) is 9.78 Å². The van der Waals surface area contributed by atoms with Crippen LogP contribution in [0.5, 0.6) is 0 Å². The van der Waals surface area contributed by atoms with Crippen LogP contribution in [-0.2, 0) is 11.0 Å². The van der Waals surface area contributed by atoms with Crippen LogP contribution in [0.1, 0.15) is 10.5 Å². The number of esters is 1. The van der Waals surface area contributed by atoms with E-state index in [4.69, 9.17) is 0 Å². The van der Waals surface area contributed by atoms with Crippen molar-refractivity contribution in [2.75, 3.05) is 7.11 Å². The fourth-order valence-electron chi connectivity index (χ4n) is 1.51. The number of benzene rings is 1. The molecule has 0 amide bonds. The van der Waals surface area contributed by atoms with Gasteiger partial charge in [0.1, 0.15) is 0 Å². The highest BCUT2D eigenvalue weighted by Crippen LogP contribution is 2.28. The zero-order chi connectivity index (χ0) is 12.6. The van der Waals surface area contributed by atoms with Crippen LogP contribution in [0.4, 0.5) is 13.2 Å². The SMILES string of the molecule is COC(=O)c1nn(C(F)(F)F)c2ccccc12. The van der Waals surface area contributed by atoms with Gasteiger partial charge in [0.05, 0.1) is 12.6 Å². The number of para-hydroxylation sites is 1. The van der Waals surface area contributed by atoms with Crippen molar-refractivity contribution in [2.45, 2.75) is 6.30 Å². The summed E-state index contributed by atoms with van der Waals surface area (Å²) in [6, 6.07) is 5.59. The van der Waals surface area contributed by atoms with Crippen molar-refractivity contribution in [3.63, 3.8) is 0 Å². The molecule has 0 atom stereocenters. The Morgan fingerprint density at radius 1 is 1.35 bits per heavy atom. The summed E-state index contributed by atoms with van der Waals surface area (Å²) in [6.45, 7) is 0. The molecule has 1 aromatic carbocycles. The first-order chi connectivity index (χ1) is 7.95. The third-order valence-electron chi connectivity index (χ3n) is 2.21. The predicted molar refractivity (Wildman–Crippen MR) is 52.4 cm³/mol. The minimum Gasteiger partial charge on any atom is -0.464 e. The highest BCUT2D eigenvalue weighted by molar-refractivity contribution is 6.02. The van der Waals surface area contributed by atoms with Crippen molar-refractivity contribution in [1.82, 2.24) is 9.78 Å². The molecule has 0 saturated carbocycles. The van der Waals surface area contributed by atoms with Crippen LogP contribution in [0, 0.1) is 0 Å². The lowest BCUT2D eigenvalue weighted by Crippen LogP contribution is -2.18. The number of hydrogen-bond acceptors (Lipinski definition) is 3. The number of aromatic nitrogens is 2. The second kappa shape index (κ2) is 3.76. The molecule has 0 fully saturated rings. The van der Waals surface area contributed by atoms with E-state index in [9.17, 15) is 18.0 Å². The third kappa shape index (κ3) is 1.83. The maximum atomic E-state index is 12.6. The number of alkyl halides is 3. The van der Waals surface area contributed by atoms with Gasteiger partial charge in [0.25, 0.3) is 0 Å². The molecule has 17 heavy (non-hydrogen) atoms. The standard InChI is InChI=1S/C10H7F3N2O2/c1-17-9(16)8-6-4-2-3-5-7(6)15(14-8)10(11,12)13/h2-5H,1H3. The molecule has 0 saturated heterocycles. The first kappa shape index (κ1) is 11.4. The Morgan fingerprint density at radius 2 is 2.00 bits per heavy atom. The topological polar surface area (TPSA) is 44.1 Å². The molecule has 0 unspecified atom stereocenters. The van der Waals surface area contributed by atoms with Gasteiger partial charge in [0.2, 0.25) is 0 Å². The molecule has 0 spiro atoms. The number of carbonyl (C=O) groups is 1. The molecule has 0 aliphatic heterocycles. The number of fused-ring (bicyclic) bond motifs is 1. The van der Waals surface area contributed by atoms with Crippen LogP contribution in [0.2, 0.25) is 0 Å². The van der Waals surface area contributed by atoms with Crippen LogP contribution >= 0.6 is 0 Å². The molecule has 0 bridgehead atoms. The van der Waals surface area contributed by atoms with Gasteiger partial charge in [-0.15, -0.1) is 13.2 Å². The molecule has 90 valence electrons. The average molecular weight is 244 g/mol. The van der Waals surface area contributed by atoms with Crippen LogP contribution in [0.15, 0.2) is 24.3 Å². The van der Waals surface area contributed by atoms with Crippen molar-refractivity contribution >= 4 is 16.9 Å². The van der Waals surface area contributed by atoms with Crippen molar-refractivity contribution in [1.29, 1.82) is 0 Å². The molecule has 4 nitrogen and oxygen atoms in total.